The van der Waals surface area contributed by atoms with Gasteiger partial charge in [0, 0.05) is 5.92 Å². The Morgan fingerprint density at radius 2 is 1.38 bits per heavy atom. The molecule has 1 nitrogen and oxygen atoms in total. The molecule has 0 fully saturated rings. The molecule has 0 radical (unpaired) electrons. The summed E-state index contributed by atoms with van der Waals surface area (Å²) in [6.07, 6.45) is 0. The number of nitriles is 1. The highest BCUT2D eigenvalue weighted by Gasteiger charge is 2.09. The Balaban J connectivity index is 1.86. The smallest absolute Gasteiger partial charge is 0.141 e. The lowest BCUT2D eigenvalue weighted by Crippen LogP contribution is -1.96. The molecular formula is C22H18FN. The van der Waals surface area contributed by atoms with Gasteiger partial charge in [-0.3, -0.25) is 0 Å². The van der Waals surface area contributed by atoms with Crippen molar-refractivity contribution in [3.05, 3.63) is 94.8 Å². The third kappa shape index (κ3) is 3.21. The van der Waals surface area contributed by atoms with Crippen LogP contribution in [0, 0.1) is 24.1 Å². The van der Waals surface area contributed by atoms with Crippen LogP contribution < -0.4 is 0 Å². The van der Waals surface area contributed by atoms with Crippen LogP contribution in [0.4, 0.5) is 4.39 Å². The molecule has 1 unspecified atom stereocenters. The zero-order chi connectivity index (χ0) is 17.1. The first-order chi connectivity index (χ1) is 11.6. The maximum Gasteiger partial charge on any atom is 0.141 e. The van der Waals surface area contributed by atoms with E-state index in [1.807, 2.05) is 18.2 Å². The molecule has 118 valence electrons. The van der Waals surface area contributed by atoms with Gasteiger partial charge in [-0.15, -0.1) is 0 Å². The Kier molecular flexibility index (Phi) is 4.44. The van der Waals surface area contributed by atoms with Gasteiger partial charge in [0.15, 0.2) is 0 Å². The monoisotopic (exact) mass is 315 g/mol. The Hall–Kier alpha value is -2.92. The van der Waals surface area contributed by atoms with Crippen LogP contribution in [0.2, 0.25) is 0 Å². The topological polar surface area (TPSA) is 23.8 Å². The molecule has 3 aromatic carbocycles. The van der Waals surface area contributed by atoms with E-state index in [1.165, 1.54) is 28.8 Å². The maximum atomic E-state index is 13.8. The SMILES string of the molecule is Cc1ccc(C(C)c2ccc(-c3ccc(C#N)c(F)c3)cc2)cc1. The second-order valence-electron chi connectivity index (χ2n) is 6.06. The zero-order valence-electron chi connectivity index (χ0n) is 13.8. The quantitative estimate of drug-likeness (QED) is 0.597. The van der Waals surface area contributed by atoms with Crippen molar-refractivity contribution in [1.82, 2.24) is 0 Å². The van der Waals surface area contributed by atoms with E-state index in [-0.39, 0.29) is 5.56 Å². The Bertz CT molecular complexity index is 887. The normalized spacial score (nSPS) is 11.8. The maximum absolute atomic E-state index is 13.8. The molecule has 1 atom stereocenters. The van der Waals surface area contributed by atoms with Gasteiger partial charge >= 0.3 is 0 Å². The second-order valence-corrected chi connectivity index (χ2v) is 6.06. The van der Waals surface area contributed by atoms with E-state index >= 15 is 0 Å². The van der Waals surface area contributed by atoms with E-state index in [0.717, 1.165) is 11.1 Å². The summed E-state index contributed by atoms with van der Waals surface area (Å²) in [5, 5.41) is 8.81. The first kappa shape index (κ1) is 16.0. The summed E-state index contributed by atoms with van der Waals surface area (Å²) in [4.78, 5) is 0. The van der Waals surface area contributed by atoms with Gasteiger partial charge in [0.1, 0.15) is 11.9 Å². The molecule has 3 rings (SSSR count). The first-order valence-electron chi connectivity index (χ1n) is 7.95. The molecule has 0 spiro atoms. The van der Waals surface area contributed by atoms with Crippen LogP contribution >= 0.6 is 0 Å². The Labute approximate surface area is 142 Å². The zero-order valence-corrected chi connectivity index (χ0v) is 13.8. The van der Waals surface area contributed by atoms with Gasteiger partial charge in [0.25, 0.3) is 0 Å². The summed E-state index contributed by atoms with van der Waals surface area (Å²) in [6.45, 7) is 4.26. The van der Waals surface area contributed by atoms with Gasteiger partial charge in [-0.2, -0.15) is 5.26 Å². The summed E-state index contributed by atoms with van der Waals surface area (Å²) in [7, 11) is 0. The Morgan fingerprint density at radius 3 is 1.92 bits per heavy atom. The molecular weight excluding hydrogens is 297 g/mol. The van der Waals surface area contributed by atoms with Crippen molar-refractivity contribution in [1.29, 1.82) is 5.26 Å². The van der Waals surface area contributed by atoms with E-state index in [4.69, 9.17) is 5.26 Å². The average Bonchev–Trinajstić information content (AvgIpc) is 2.62. The average molecular weight is 315 g/mol. The Morgan fingerprint density at radius 1 is 0.833 bits per heavy atom. The lowest BCUT2D eigenvalue weighted by atomic mass is 9.91. The number of benzene rings is 3. The van der Waals surface area contributed by atoms with Crippen molar-refractivity contribution in [3.63, 3.8) is 0 Å². The van der Waals surface area contributed by atoms with Crippen LogP contribution in [0.3, 0.4) is 0 Å². The van der Waals surface area contributed by atoms with Gasteiger partial charge in [0.05, 0.1) is 5.56 Å². The van der Waals surface area contributed by atoms with Gasteiger partial charge in [-0.1, -0.05) is 67.1 Å². The summed E-state index contributed by atoms with van der Waals surface area (Å²) in [5.41, 5.74) is 5.54. The molecule has 0 saturated heterocycles. The molecule has 0 aliphatic rings. The van der Waals surface area contributed by atoms with Gasteiger partial charge in [-0.25, -0.2) is 4.39 Å². The second kappa shape index (κ2) is 6.68. The van der Waals surface area contributed by atoms with Crippen molar-refractivity contribution >= 4 is 0 Å². The summed E-state index contributed by atoms with van der Waals surface area (Å²) in [6, 6.07) is 23.3. The fourth-order valence-corrected chi connectivity index (χ4v) is 2.80. The van der Waals surface area contributed by atoms with Crippen molar-refractivity contribution in [3.8, 4) is 17.2 Å². The van der Waals surface area contributed by atoms with E-state index in [2.05, 4.69) is 50.2 Å². The molecule has 0 aliphatic carbocycles. The molecule has 3 aromatic rings. The number of rotatable bonds is 3. The van der Waals surface area contributed by atoms with Crippen LogP contribution in [0.1, 0.15) is 35.1 Å². The van der Waals surface area contributed by atoms with Gasteiger partial charge < -0.3 is 0 Å². The van der Waals surface area contributed by atoms with Crippen LogP contribution in [-0.2, 0) is 0 Å². The largest absolute Gasteiger partial charge is 0.206 e. The predicted octanol–water partition coefficient (Wildman–Crippen LogP) is 5.82. The molecule has 24 heavy (non-hydrogen) atoms. The van der Waals surface area contributed by atoms with E-state index in [1.54, 1.807) is 6.07 Å². The third-order valence-electron chi connectivity index (χ3n) is 4.41. The number of hydrogen-bond acceptors (Lipinski definition) is 1. The molecule has 0 aromatic heterocycles. The highest BCUT2D eigenvalue weighted by molar-refractivity contribution is 5.65. The molecule has 0 N–H and O–H groups in total. The van der Waals surface area contributed by atoms with Crippen molar-refractivity contribution < 1.29 is 4.39 Å². The molecule has 2 heteroatoms. The highest BCUT2D eigenvalue weighted by Crippen LogP contribution is 2.28. The third-order valence-corrected chi connectivity index (χ3v) is 4.41. The van der Waals surface area contributed by atoms with Crippen LogP contribution in [0.25, 0.3) is 11.1 Å². The number of halogens is 1. The van der Waals surface area contributed by atoms with Gasteiger partial charge in [0.2, 0.25) is 0 Å². The van der Waals surface area contributed by atoms with Crippen LogP contribution in [0.15, 0.2) is 66.7 Å². The van der Waals surface area contributed by atoms with E-state index < -0.39 is 5.82 Å². The van der Waals surface area contributed by atoms with Crippen molar-refractivity contribution in [2.24, 2.45) is 0 Å². The minimum absolute atomic E-state index is 0.0726. The summed E-state index contributed by atoms with van der Waals surface area (Å²) < 4.78 is 13.8. The lowest BCUT2D eigenvalue weighted by Gasteiger charge is -2.13. The predicted molar refractivity (Wildman–Crippen MR) is 95.2 cm³/mol. The summed E-state index contributed by atoms with van der Waals surface area (Å²) >= 11 is 0. The van der Waals surface area contributed by atoms with Crippen molar-refractivity contribution in [2.45, 2.75) is 19.8 Å². The van der Waals surface area contributed by atoms with Crippen LogP contribution in [-0.4, -0.2) is 0 Å². The molecule has 0 bridgehead atoms. The molecule has 0 heterocycles. The van der Waals surface area contributed by atoms with Crippen molar-refractivity contribution in [2.75, 3.05) is 0 Å². The lowest BCUT2D eigenvalue weighted by molar-refractivity contribution is 0.624. The molecule has 0 amide bonds. The fourth-order valence-electron chi connectivity index (χ4n) is 2.80. The van der Waals surface area contributed by atoms with Gasteiger partial charge in [-0.05, 0) is 41.3 Å². The van der Waals surface area contributed by atoms with E-state index in [9.17, 15) is 4.39 Å². The van der Waals surface area contributed by atoms with Crippen LogP contribution in [0.5, 0.6) is 0 Å². The minimum Gasteiger partial charge on any atom is -0.206 e. The van der Waals surface area contributed by atoms with E-state index in [0.29, 0.717) is 5.92 Å². The fraction of sp³-hybridized carbons (Fsp3) is 0.136. The molecule has 0 saturated carbocycles. The number of nitrogens with zero attached hydrogens (tertiary/aromatic N) is 1. The number of aryl methyl sites for hydroxylation is 1. The summed E-state index contributed by atoms with van der Waals surface area (Å²) in [5.74, 6) is -0.176. The molecule has 0 aliphatic heterocycles. The highest BCUT2D eigenvalue weighted by atomic mass is 19.1. The first-order valence-corrected chi connectivity index (χ1v) is 7.95. The standard InChI is InChI=1S/C22H18FN/c1-15-3-5-17(6-4-15)16(2)18-7-9-19(10-8-18)20-11-12-21(14-24)22(23)13-20/h3-13,16H,1-2H3. The number of hydrogen-bond donors (Lipinski definition) is 0. The minimum atomic E-state index is -0.480.